The third-order valence-electron chi connectivity index (χ3n) is 5.50. The van der Waals surface area contributed by atoms with E-state index in [9.17, 15) is 18.0 Å². The molecule has 3 aromatic rings. The highest BCUT2D eigenvalue weighted by molar-refractivity contribution is 5.95. The van der Waals surface area contributed by atoms with Gasteiger partial charge in [-0.25, -0.2) is 9.97 Å². The molecule has 1 aliphatic rings. The van der Waals surface area contributed by atoms with Crippen molar-refractivity contribution < 1.29 is 27.4 Å². The molecule has 0 bridgehead atoms. The number of ether oxygens (including phenoxy) is 2. The first kappa shape index (κ1) is 23.5. The van der Waals surface area contributed by atoms with Crippen molar-refractivity contribution in [2.75, 3.05) is 25.5 Å². The Morgan fingerprint density at radius 2 is 1.79 bits per heavy atom. The van der Waals surface area contributed by atoms with Crippen LogP contribution in [0.15, 0.2) is 60.9 Å². The smallest absolute Gasteiger partial charge is 0.406 e. The molecule has 0 atom stereocenters. The van der Waals surface area contributed by atoms with E-state index in [0.29, 0.717) is 35.9 Å². The van der Waals surface area contributed by atoms with Crippen LogP contribution >= 0.6 is 0 Å². The standard InChI is InChI=1S/C24H23F3N4O3/c1-33-19-9-11-31(12-10-19)23(32)17-4-2-3-16(13-17)21-14-22(29-15-28-21)30-18-5-7-20(8-6-18)34-24(25,26)27/h2-8,13-15,19H,9-12H2,1H3,(H,28,29,30). The summed E-state index contributed by atoms with van der Waals surface area (Å²) in [7, 11) is 1.69. The van der Waals surface area contributed by atoms with Crippen molar-refractivity contribution in [3.63, 3.8) is 0 Å². The third-order valence-corrected chi connectivity index (χ3v) is 5.50. The summed E-state index contributed by atoms with van der Waals surface area (Å²) in [5.41, 5.74) is 2.45. The predicted molar refractivity (Wildman–Crippen MR) is 120 cm³/mol. The summed E-state index contributed by atoms with van der Waals surface area (Å²) in [5, 5.41) is 3.03. The number of hydrogen-bond donors (Lipinski definition) is 1. The highest BCUT2D eigenvalue weighted by atomic mass is 19.4. The van der Waals surface area contributed by atoms with Crippen LogP contribution in [0.25, 0.3) is 11.3 Å². The van der Waals surface area contributed by atoms with E-state index in [1.165, 1.54) is 30.6 Å². The van der Waals surface area contributed by atoms with Crippen molar-refractivity contribution in [1.82, 2.24) is 14.9 Å². The van der Waals surface area contributed by atoms with Crippen LogP contribution in [0.2, 0.25) is 0 Å². The van der Waals surface area contributed by atoms with Crippen LogP contribution < -0.4 is 10.1 Å². The van der Waals surface area contributed by atoms with E-state index in [1.807, 2.05) is 11.0 Å². The summed E-state index contributed by atoms with van der Waals surface area (Å²) in [6.45, 7) is 1.30. The lowest BCUT2D eigenvalue weighted by molar-refractivity contribution is -0.274. The molecule has 4 rings (SSSR count). The van der Waals surface area contributed by atoms with Crippen LogP contribution in [-0.2, 0) is 4.74 Å². The zero-order valence-corrected chi connectivity index (χ0v) is 18.4. The number of nitrogens with zero attached hydrogens (tertiary/aromatic N) is 3. The van der Waals surface area contributed by atoms with E-state index in [2.05, 4.69) is 20.0 Å². The summed E-state index contributed by atoms with van der Waals surface area (Å²) in [6, 6.07) is 14.3. The number of piperidine rings is 1. The highest BCUT2D eigenvalue weighted by Crippen LogP contribution is 2.26. The summed E-state index contributed by atoms with van der Waals surface area (Å²) in [5.74, 6) is 0.104. The Kier molecular flexibility index (Phi) is 6.97. The second kappa shape index (κ2) is 10.1. The van der Waals surface area contributed by atoms with Gasteiger partial charge in [-0.2, -0.15) is 0 Å². The van der Waals surface area contributed by atoms with E-state index in [1.54, 1.807) is 31.4 Å². The normalized spacial score (nSPS) is 14.6. The molecule has 1 aromatic heterocycles. The maximum absolute atomic E-state index is 13.0. The lowest BCUT2D eigenvalue weighted by Crippen LogP contribution is -2.40. The van der Waals surface area contributed by atoms with Gasteiger partial charge in [0.25, 0.3) is 5.91 Å². The Balaban J connectivity index is 1.46. The van der Waals surface area contributed by atoms with Crippen molar-refractivity contribution in [1.29, 1.82) is 0 Å². The SMILES string of the molecule is COC1CCN(C(=O)c2cccc(-c3cc(Nc4ccc(OC(F)(F)F)cc4)ncn3)c2)CC1. The zero-order valence-electron chi connectivity index (χ0n) is 18.4. The van der Waals surface area contributed by atoms with Crippen LogP contribution in [0.4, 0.5) is 24.7 Å². The van der Waals surface area contributed by atoms with E-state index in [4.69, 9.17) is 4.74 Å². The molecule has 1 fully saturated rings. The number of alkyl halides is 3. The number of methoxy groups -OCH3 is 1. The predicted octanol–water partition coefficient (Wildman–Crippen LogP) is 5.04. The highest BCUT2D eigenvalue weighted by Gasteiger charge is 2.31. The number of carbonyl (C=O) groups excluding carboxylic acids is 1. The molecule has 10 heteroatoms. The Bertz CT molecular complexity index is 1130. The Morgan fingerprint density at radius 3 is 2.47 bits per heavy atom. The first-order valence-electron chi connectivity index (χ1n) is 10.7. The minimum Gasteiger partial charge on any atom is -0.406 e. The average Bonchev–Trinajstić information content (AvgIpc) is 2.84. The van der Waals surface area contributed by atoms with Gasteiger partial charge in [-0.05, 0) is 49.2 Å². The molecule has 0 aliphatic carbocycles. The van der Waals surface area contributed by atoms with E-state index in [0.717, 1.165) is 18.4 Å². The molecule has 2 aromatic carbocycles. The fourth-order valence-electron chi connectivity index (χ4n) is 3.76. The molecule has 178 valence electrons. The lowest BCUT2D eigenvalue weighted by Gasteiger charge is -2.31. The molecule has 0 unspecified atom stereocenters. The minimum absolute atomic E-state index is 0.0371. The van der Waals surface area contributed by atoms with E-state index in [-0.39, 0.29) is 17.8 Å². The summed E-state index contributed by atoms with van der Waals surface area (Å²) in [6.07, 6.45) is -1.55. The number of rotatable bonds is 6. The van der Waals surface area contributed by atoms with Gasteiger partial charge in [-0.1, -0.05) is 12.1 Å². The Labute approximate surface area is 194 Å². The van der Waals surface area contributed by atoms with Gasteiger partial charge in [0.15, 0.2) is 0 Å². The lowest BCUT2D eigenvalue weighted by atomic mass is 10.0. The van der Waals surface area contributed by atoms with Gasteiger partial charge >= 0.3 is 6.36 Å². The largest absolute Gasteiger partial charge is 0.573 e. The number of carbonyl (C=O) groups is 1. The topological polar surface area (TPSA) is 76.6 Å². The van der Waals surface area contributed by atoms with Crippen molar-refractivity contribution >= 4 is 17.4 Å². The molecule has 0 saturated carbocycles. The molecule has 1 aliphatic heterocycles. The number of amides is 1. The Hall–Kier alpha value is -3.66. The second-order valence-electron chi connectivity index (χ2n) is 7.79. The number of aromatic nitrogens is 2. The average molecular weight is 472 g/mol. The first-order valence-corrected chi connectivity index (χ1v) is 10.7. The van der Waals surface area contributed by atoms with Crippen molar-refractivity contribution in [2.24, 2.45) is 0 Å². The summed E-state index contributed by atoms with van der Waals surface area (Å²) < 4.78 is 46.2. The van der Waals surface area contributed by atoms with Crippen molar-refractivity contribution in [3.05, 3.63) is 66.5 Å². The fourth-order valence-corrected chi connectivity index (χ4v) is 3.76. The van der Waals surface area contributed by atoms with Crippen LogP contribution in [0, 0.1) is 0 Å². The van der Waals surface area contributed by atoms with Gasteiger partial charge in [0.05, 0.1) is 11.8 Å². The summed E-state index contributed by atoms with van der Waals surface area (Å²) in [4.78, 5) is 23.3. The summed E-state index contributed by atoms with van der Waals surface area (Å²) >= 11 is 0. The van der Waals surface area contributed by atoms with Gasteiger partial charge in [0.2, 0.25) is 0 Å². The monoisotopic (exact) mass is 472 g/mol. The van der Waals surface area contributed by atoms with Gasteiger partial charge in [-0.15, -0.1) is 13.2 Å². The maximum atomic E-state index is 13.0. The van der Waals surface area contributed by atoms with Crippen LogP contribution in [0.1, 0.15) is 23.2 Å². The third kappa shape index (κ3) is 6.02. The molecule has 2 heterocycles. The number of anilines is 2. The fraction of sp³-hybridized carbons (Fsp3) is 0.292. The second-order valence-corrected chi connectivity index (χ2v) is 7.79. The number of halogens is 3. The number of benzene rings is 2. The molecule has 0 radical (unpaired) electrons. The molecule has 1 saturated heterocycles. The molecule has 34 heavy (non-hydrogen) atoms. The molecule has 1 N–H and O–H groups in total. The maximum Gasteiger partial charge on any atom is 0.573 e. The number of nitrogens with one attached hydrogen (secondary N) is 1. The van der Waals surface area contributed by atoms with Gasteiger partial charge in [-0.3, -0.25) is 4.79 Å². The number of likely N-dealkylation sites (tertiary alicyclic amines) is 1. The van der Waals surface area contributed by atoms with Gasteiger partial charge < -0.3 is 19.7 Å². The molecule has 1 amide bonds. The first-order chi connectivity index (χ1) is 16.3. The van der Waals surface area contributed by atoms with Crippen molar-refractivity contribution in [2.45, 2.75) is 25.3 Å². The van der Waals surface area contributed by atoms with E-state index < -0.39 is 6.36 Å². The number of hydrogen-bond acceptors (Lipinski definition) is 6. The molecular formula is C24H23F3N4O3. The minimum atomic E-state index is -4.74. The van der Waals surface area contributed by atoms with E-state index >= 15 is 0 Å². The van der Waals surface area contributed by atoms with Crippen LogP contribution in [-0.4, -0.2) is 53.4 Å². The van der Waals surface area contributed by atoms with Gasteiger partial charge in [0, 0.05) is 43.1 Å². The van der Waals surface area contributed by atoms with Crippen LogP contribution in [0.5, 0.6) is 5.75 Å². The van der Waals surface area contributed by atoms with Crippen LogP contribution in [0.3, 0.4) is 0 Å². The molecule has 7 nitrogen and oxygen atoms in total. The van der Waals surface area contributed by atoms with Crippen molar-refractivity contribution in [3.8, 4) is 17.0 Å². The zero-order chi connectivity index (χ0) is 24.1. The van der Waals surface area contributed by atoms with Gasteiger partial charge in [0.1, 0.15) is 17.9 Å². The quantitative estimate of drug-likeness (QED) is 0.542. The molecule has 0 spiro atoms. The molecular weight excluding hydrogens is 449 g/mol. The Morgan fingerprint density at radius 1 is 1.06 bits per heavy atom.